The van der Waals surface area contributed by atoms with E-state index in [9.17, 15) is 4.79 Å². The van der Waals surface area contributed by atoms with E-state index in [1.165, 1.54) is 23.1 Å². The van der Waals surface area contributed by atoms with Crippen LogP contribution in [0, 0.1) is 18.3 Å². The molecule has 1 aromatic rings. The Morgan fingerprint density at radius 3 is 2.73 bits per heavy atom. The van der Waals surface area contributed by atoms with Crippen molar-refractivity contribution in [3.05, 3.63) is 16.0 Å². The van der Waals surface area contributed by atoms with Crippen LogP contribution in [0.5, 0.6) is 0 Å². The fourth-order valence-electron chi connectivity index (χ4n) is 1.15. The first-order valence-corrected chi connectivity index (χ1v) is 6.44. The van der Waals surface area contributed by atoms with Crippen molar-refractivity contribution >= 4 is 29.1 Å². The highest BCUT2D eigenvalue weighted by molar-refractivity contribution is 8.00. The van der Waals surface area contributed by atoms with Gasteiger partial charge in [-0.3, -0.25) is 0 Å². The molecule has 1 aromatic heterocycles. The van der Waals surface area contributed by atoms with Crippen LogP contribution in [0.4, 0.5) is 0 Å². The zero-order valence-corrected chi connectivity index (χ0v) is 10.4. The minimum atomic E-state index is -0.336. The van der Waals surface area contributed by atoms with Crippen LogP contribution in [-0.4, -0.2) is 18.8 Å². The van der Waals surface area contributed by atoms with Gasteiger partial charge >= 0.3 is 5.97 Å². The van der Waals surface area contributed by atoms with Crippen molar-refractivity contribution in [1.29, 1.82) is 5.26 Å². The van der Waals surface area contributed by atoms with E-state index in [-0.39, 0.29) is 5.97 Å². The highest BCUT2D eigenvalue weighted by Gasteiger charge is 2.20. The largest absolute Gasteiger partial charge is 0.462 e. The van der Waals surface area contributed by atoms with Gasteiger partial charge in [-0.05, 0) is 25.7 Å². The lowest BCUT2D eigenvalue weighted by Gasteiger charge is -1.98. The van der Waals surface area contributed by atoms with E-state index in [2.05, 4.69) is 6.07 Å². The fraction of sp³-hybridized carbons (Fsp3) is 0.400. The maximum absolute atomic E-state index is 11.5. The third kappa shape index (κ3) is 2.33. The van der Waals surface area contributed by atoms with Gasteiger partial charge in [0.15, 0.2) is 0 Å². The molecule has 1 rings (SSSR count). The second kappa shape index (κ2) is 5.19. The maximum Gasteiger partial charge on any atom is 0.348 e. The summed E-state index contributed by atoms with van der Waals surface area (Å²) in [6, 6.07) is 2.11. The van der Waals surface area contributed by atoms with Crippen molar-refractivity contribution in [3.8, 4) is 6.07 Å². The number of nitriles is 1. The Kier molecular flexibility index (Phi) is 4.18. The molecule has 0 fully saturated rings. The van der Waals surface area contributed by atoms with E-state index in [4.69, 9.17) is 10.00 Å². The predicted molar refractivity (Wildman–Crippen MR) is 61.5 cm³/mol. The standard InChI is InChI=1S/C10H11NO2S2/c1-4-13-9(12)8-6(2)7(5-11)10(14-3)15-8/h4H2,1-3H3. The van der Waals surface area contributed by atoms with E-state index < -0.39 is 0 Å². The van der Waals surface area contributed by atoms with Gasteiger partial charge in [-0.1, -0.05) is 0 Å². The van der Waals surface area contributed by atoms with Crippen LogP contribution < -0.4 is 0 Å². The molecule has 0 amide bonds. The average Bonchev–Trinajstić information content (AvgIpc) is 2.55. The summed E-state index contributed by atoms with van der Waals surface area (Å²) in [4.78, 5) is 12.1. The van der Waals surface area contributed by atoms with Crippen LogP contribution in [-0.2, 0) is 4.74 Å². The SMILES string of the molecule is CCOC(=O)c1sc(SC)c(C#N)c1C. The Bertz CT molecular complexity index is 418. The highest BCUT2D eigenvalue weighted by Crippen LogP contribution is 2.34. The zero-order chi connectivity index (χ0) is 11.4. The van der Waals surface area contributed by atoms with Gasteiger partial charge in [0.1, 0.15) is 10.9 Å². The molecular formula is C10H11NO2S2. The van der Waals surface area contributed by atoms with Gasteiger partial charge in [0.05, 0.1) is 16.4 Å². The normalized spacial score (nSPS) is 9.73. The van der Waals surface area contributed by atoms with E-state index in [0.717, 1.165) is 9.77 Å². The molecule has 0 spiro atoms. The predicted octanol–water partition coefficient (Wildman–Crippen LogP) is 2.83. The highest BCUT2D eigenvalue weighted by atomic mass is 32.2. The van der Waals surface area contributed by atoms with Crippen LogP contribution in [0.15, 0.2) is 4.21 Å². The Hall–Kier alpha value is -0.990. The summed E-state index contributed by atoms with van der Waals surface area (Å²) in [5.41, 5.74) is 1.32. The first-order chi connectivity index (χ1) is 7.15. The van der Waals surface area contributed by atoms with Crippen molar-refractivity contribution < 1.29 is 9.53 Å². The van der Waals surface area contributed by atoms with Crippen LogP contribution in [0.3, 0.4) is 0 Å². The first-order valence-electron chi connectivity index (χ1n) is 4.40. The van der Waals surface area contributed by atoms with Crippen molar-refractivity contribution in [2.75, 3.05) is 12.9 Å². The second-order valence-corrected chi connectivity index (χ2v) is 4.85. The van der Waals surface area contributed by atoms with Gasteiger partial charge in [0.2, 0.25) is 0 Å². The quantitative estimate of drug-likeness (QED) is 0.603. The Balaban J connectivity index is 3.16. The van der Waals surface area contributed by atoms with Crippen LogP contribution in [0.25, 0.3) is 0 Å². The Morgan fingerprint density at radius 1 is 1.67 bits per heavy atom. The molecule has 5 heteroatoms. The Labute approximate surface area is 97.1 Å². The van der Waals surface area contributed by atoms with E-state index in [1.54, 1.807) is 13.8 Å². The molecule has 80 valence electrons. The third-order valence-corrected chi connectivity index (χ3v) is 4.26. The lowest BCUT2D eigenvalue weighted by Crippen LogP contribution is -2.03. The minimum absolute atomic E-state index is 0.336. The van der Waals surface area contributed by atoms with Gasteiger partial charge in [0.25, 0.3) is 0 Å². The molecule has 0 radical (unpaired) electrons. The molecule has 0 atom stereocenters. The molecule has 1 heterocycles. The van der Waals surface area contributed by atoms with Gasteiger partial charge in [-0.25, -0.2) is 4.79 Å². The molecule has 15 heavy (non-hydrogen) atoms. The minimum Gasteiger partial charge on any atom is -0.462 e. The van der Waals surface area contributed by atoms with Gasteiger partial charge < -0.3 is 4.74 Å². The lowest BCUT2D eigenvalue weighted by atomic mass is 10.2. The number of thioether (sulfide) groups is 1. The summed E-state index contributed by atoms with van der Waals surface area (Å²) in [5, 5.41) is 8.95. The number of thiophene rings is 1. The topological polar surface area (TPSA) is 50.1 Å². The zero-order valence-electron chi connectivity index (χ0n) is 8.79. The molecular weight excluding hydrogens is 230 g/mol. The number of hydrogen-bond donors (Lipinski definition) is 0. The number of carbonyl (C=O) groups excluding carboxylic acids is 1. The van der Waals surface area contributed by atoms with Crippen molar-refractivity contribution in [1.82, 2.24) is 0 Å². The van der Waals surface area contributed by atoms with Crippen LogP contribution in [0.1, 0.15) is 27.7 Å². The number of nitrogens with zero attached hydrogens (tertiary/aromatic N) is 1. The summed E-state index contributed by atoms with van der Waals surface area (Å²) >= 11 is 2.80. The monoisotopic (exact) mass is 241 g/mol. The molecule has 0 aromatic carbocycles. The maximum atomic E-state index is 11.5. The summed E-state index contributed by atoms with van der Waals surface area (Å²) < 4.78 is 5.79. The van der Waals surface area contributed by atoms with Gasteiger partial charge in [-0.2, -0.15) is 5.26 Å². The van der Waals surface area contributed by atoms with Crippen LogP contribution >= 0.6 is 23.1 Å². The molecule has 0 unspecified atom stereocenters. The molecule has 0 bridgehead atoms. The number of carbonyl (C=O) groups is 1. The van der Waals surface area contributed by atoms with E-state index in [0.29, 0.717) is 17.0 Å². The number of rotatable bonds is 3. The average molecular weight is 241 g/mol. The molecule has 0 saturated heterocycles. The van der Waals surface area contributed by atoms with Gasteiger partial charge in [-0.15, -0.1) is 23.1 Å². The molecule has 0 aliphatic heterocycles. The first kappa shape index (κ1) is 12.1. The van der Waals surface area contributed by atoms with Gasteiger partial charge in [0, 0.05) is 0 Å². The number of hydrogen-bond acceptors (Lipinski definition) is 5. The van der Waals surface area contributed by atoms with Crippen LogP contribution in [0.2, 0.25) is 0 Å². The number of ether oxygens (including phenoxy) is 1. The Morgan fingerprint density at radius 2 is 2.33 bits per heavy atom. The fourth-order valence-corrected chi connectivity index (χ4v) is 3.02. The van der Waals surface area contributed by atoms with Crippen molar-refractivity contribution in [2.24, 2.45) is 0 Å². The third-order valence-electron chi connectivity index (χ3n) is 1.87. The number of esters is 1. The molecule has 3 nitrogen and oxygen atoms in total. The van der Waals surface area contributed by atoms with Crippen molar-refractivity contribution in [3.63, 3.8) is 0 Å². The van der Waals surface area contributed by atoms with Crippen molar-refractivity contribution in [2.45, 2.75) is 18.1 Å². The second-order valence-electron chi connectivity index (χ2n) is 2.76. The smallest absolute Gasteiger partial charge is 0.348 e. The summed E-state index contributed by atoms with van der Waals surface area (Å²) in [7, 11) is 0. The lowest BCUT2D eigenvalue weighted by molar-refractivity contribution is 0.0531. The summed E-state index contributed by atoms with van der Waals surface area (Å²) in [6.45, 7) is 3.90. The molecule has 0 aliphatic carbocycles. The molecule has 0 aliphatic rings. The summed E-state index contributed by atoms with van der Waals surface area (Å²) in [6.07, 6.45) is 1.89. The molecule has 0 N–H and O–H groups in total. The van der Waals surface area contributed by atoms with E-state index in [1.807, 2.05) is 6.26 Å². The van der Waals surface area contributed by atoms with E-state index >= 15 is 0 Å². The molecule has 0 saturated carbocycles. The summed E-state index contributed by atoms with van der Waals surface area (Å²) in [5.74, 6) is -0.336.